The summed E-state index contributed by atoms with van der Waals surface area (Å²) in [4.78, 5) is 1.34. The molecular weight excluding hydrogens is 224 g/mol. The quantitative estimate of drug-likeness (QED) is 0.714. The summed E-state index contributed by atoms with van der Waals surface area (Å²) >= 11 is 1.93. The molecule has 0 saturated heterocycles. The molecule has 1 heteroatoms. The molecule has 3 rings (SSSR count). The van der Waals surface area contributed by atoms with Crippen molar-refractivity contribution in [1.82, 2.24) is 0 Å². The first kappa shape index (κ1) is 10.7. The minimum Gasteiger partial charge on any atom is -0.113 e. The Bertz CT molecular complexity index is 555. The average Bonchev–Trinajstić information content (AvgIpc) is 2.68. The van der Waals surface area contributed by atoms with Crippen LogP contribution < -0.4 is 0 Å². The van der Waals surface area contributed by atoms with Gasteiger partial charge >= 0.3 is 0 Å². The molecule has 0 aliphatic heterocycles. The third-order valence-electron chi connectivity index (χ3n) is 3.07. The van der Waals surface area contributed by atoms with Gasteiger partial charge in [-0.25, -0.2) is 0 Å². The van der Waals surface area contributed by atoms with Gasteiger partial charge in [-0.15, -0.1) is 11.8 Å². The van der Waals surface area contributed by atoms with Crippen LogP contribution in [-0.4, -0.2) is 0 Å². The fraction of sp³-hybridized carbons (Fsp3) is 0.125. The maximum Gasteiger partial charge on any atom is 0.0560 e. The fourth-order valence-electron chi connectivity index (χ4n) is 2.24. The number of rotatable bonds is 2. The summed E-state index contributed by atoms with van der Waals surface area (Å²) in [6.07, 6.45) is 2.30. The fourth-order valence-corrected chi connectivity index (χ4v) is 3.42. The van der Waals surface area contributed by atoms with E-state index in [1.807, 2.05) is 11.8 Å². The van der Waals surface area contributed by atoms with E-state index in [4.69, 9.17) is 0 Å². The second-order valence-corrected chi connectivity index (χ2v) is 5.51. The first-order valence-electron chi connectivity index (χ1n) is 5.83. The third kappa shape index (κ3) is 2.03. The van der Waals surface area contributed by atoms with Crippen molar-refractivity contribution in [2.75, 3.05) is 0 Å². The van der Waals surface area contributed by atoms with Crippen molar-refractivity contribution in [2.24, 2.45) is 0 Å². The lowest BCUT2D eigenvalue weighted by molar-refractivity contribution is 1.15. The van der Waals surface area contributed by atoms with Crippen LogP contribution in [-0.2, 0) is 0 Å². The van der Waals surface area contributed by atoms with Gasteiger partial charge in [0.25, 0.3) is 0 Å². The Balaban J connectivity index is 1.93. The number of hydrogen-bond donors (Lipinski definition) is 0. The zero-order valence-electron chi connectivity index (χ0n) is 9.76. The molecule has 0 aromatic heterocycles. The molecule has 0 amide bonds. The van der Waals surface area contributed by atoms with Crippen molar-refractivity contribution in [1.29, 1.82) is 0 Å². The van der Waals surface area contributed by atoms with Crippen LogP contribution in [0.25, 0.3) is 6.08 Å². The largest absolute Gasteiger partial charge is 0.113 e. The molecule has 2 aromatic carbocycles. The van der Waals surface area contributed by atoms with Gasteiger partial charge in [0, 0.05) is 4.90 Å². The Labute approximate surface area is 106 Å². The zero-order valence-corrected chi connectivity index (χ0v) is 10.6. The molecule has 0 nitrogen and oxygen atoms in total. The molecule has 0 heterocycles. The lowest BCUT2D eigenvalue weighted by Crippen LogP contribution is -1.91. The minimum atomic E-state index is 0.480. The maximum absolute atomic E-state index is 2.30. The van der Waals surface area contributed by atoms with Crippen LogP contribution in [0.2, 0.25) is 0 Å². The van der Waals surface area contributed by atoms with Crippen LogP contribution in [0.15, 0.2) is 65.1 Å². The van der Waals surface area contributed by atoms with E-state index in [0.29, 0.717) is 5.25 Å². The first-order chi connectivity index (χ1) is 8.34. The molecule has 0 spiro atoms. The standard InChI is InChI=1S/C16H14S/c1-12-11-13-7-5-6-10-15(13)16(12)17-14-8-3-2-4-9-14/h2-11,16H,1H3. The van der Waals surface area contributed by atoms with Gasteiger partial charge in [-0.1, -0.05) is 54.1 Å². The predicted octanol–water partition coefficient (Wildman–Crippen LogP) is 4.94. The third-order valence-corrected chi connectivity index (χ3v) is 4.48. The van der Waals surface area contributed by atoms with E-state index in [0.717, 1.165) is 0 Å². The van der Waals surface area contributed by atoms with E-state index < -0.39 is 0 Å². The molecule has 17 heavy (non-hydrogen) atoms. The monoisotopic (exact) mass is 238 g/mol. The minimum absolute atomic E-state index is 0.480. The van der Waals surface area contributed by atoms with Crippen molar-refractivity contribution >= 4 is 17.8 Å². The van der Waals surface area contributed by atoms with Crippen LogP contribution in [0.4, 0.5) is 0 Å². The molecule has 1 aliphatic rings. The Morgan fingerprint density at radius 2 is 1.59 bits per heavy atom. The Kier molecular flexibility index (Phi) is 2.77. The van der Waals surface area contributed by atoms with Crippen LogP contribution >= 0.6 is 11.8 Å². The van der Waals surface area contributed by atoms with Crippen molar-refractivity contribution in [3.05, 3.63) is 71.3 Å². The number of hydrogen-bond acceptors (Lipinski definition) is 1. The topological polar surface area (TPSA) is 0 Å². The van der Waals surface area contributed by atoms with Gasteiger partial charge in [0.1, 0.15) is 0 Å². The van der Waals surface area contributed by atoms with Gasteiger partial charge in [-0.2, -0.15) is 0 Å². The second-order valence-electron chi connectivity index (χ2n) is 4.33. The molecule has 84 valence electrons. The Morgan fingerprint density at radius 3 is 2.41 bits per heavy atom. The summed E-state index contributed by atoms with van der Waals surface area (Å²) < 4.78 is 0. The molecule has 1 atom stereocenters. The van der Waals surface area contributed by atoms with Crippen LogP contribution in [0.1, 0.15) is 23.3 Å². The van der Waals surface area contributed by atoms with Gasteiger partial charge in [0.15, 0.2) is 0 Å². The van der Waals surface area contributed by atoms with Crippen LogP contribution in [0.5, 0.6) is 0 Å². The van der Waals surface area contributed by atoms with Crippen LogP contribution in [0, 0.1) is 0 Å². The predicted molar refractivity (Wildman–Crippen MR) is 75.1 cm³/mol. The molecule has 0 bridgehead atoms. The van der Waals surface area contributed by atoms with Crippen LogP contribution in [0.3, 0.4) is 0 Å². The molecule has 0 saturated carbocycles. The van der Waals surface area contributed by atoms with Crippen molar-refractivity contribution < 1.29 is 0 Å². The van der Waals surface area contributed by atoms with Crippen molar-refractivity contribution in [3.8, 4) is 0 Å². The van der Waals surface area contributed by atoms with Crippen molar-refractivity contribution in [2.45, 2.75) is 17.1 Å². The van der Waals surface area contributed by atoms with E-state index in [9.17, 15) is 0 Å². The lowest BCUT2D eigenvalue weighted by atomic mass is 10.1. The van der Waals surface area contributed by atoms with Gasteiger partial charge in [-0.3, -0.25) is 0 Å². The van der Waals surface area contributed by atoms with E-state index in [1.165, 1.54) is 21.6 Å². The number of thioether (sulfide) groups is 1. The lowest BCUT2D eigenvalue weighted by Gasteiger charge is -2.13. The highest BCUT2D eigenvalue weighted by Crippen LogP contribution is 2.46. The molecule has 0 N–H and O–H groups in total. The smallest absolute Gasteiger partial charge is 0.0560 e. The molecular formula is C16H14S. The Hall–Kier alpha value is -1.47. The Morgan fingerprint density at radius 1 is 0.882 bits per heavy atom. The van der Waals surface area contributed by atoms with E-state index in [2.05, 4.69) is 67.6 Å². The van der Waals surface area contributed by atoms with Crippen molar-refractivity contribution in [3.63, 3.8) is 0 Å². The average molecular weight is 238 g/mol. The summed E-state index contributed by atoms with van der Waals surface area (Å²) in [5, 5.41) is 0.480. The molecule has 1 aliphatic carbocycles. The second kappa shape index (κ2) is 4.42. The summed E-state index contributed by atoms with van der Waals surface area (Å²) in [6, 6.07) is 19.3. The zero-order chi connectivity index (χ0) is 11.7. The first-order valence-corrected chi connectivity index (χ1v) is 6.71. The van der Waals surface area contributed by atoms with Gasteiger partial charge in [0.05, 0.1) is 5.25 Å². The number of fused-ring (bicyclic) bond motifs is 1. The normalized spacial score (nSPS) is 17.7. The summed E-state index contributed by atoms with van der Waals surface area (Å²) in [6.45, 7) is 2.22. The van der Waals surface area contributed by atoms with E-state index >= 15 is 0 Å². The molecule has 0 radical (unpaired) electrons. The van der Waals surface area contributed by atoms with E-state index in [-0.39, 0.29) is 0 Å². The summed E-state index contributed by atoms with van der Waals surface area (Å²) in [5.74, 6) is 0. The SMILES string of the molecule is CC1=Cc2ccccc2C1Sc1ccccc1. The maximum atomic E-state index is 2.30. The molecule has 2 aromatic rings. The van der Waals surface area contributed by atoms with Gasteiger partial charge < -0.3 is 0 Å². The highest BCUT2D eigenvalue weighted by atomic mass is 32.2. The van der Waals surface area contributed by atoms with Gasteiger partial charge in [0.2, 0.25) is 0 Å². The molecule has 0 fully saturated rings. The highest BCUT2D eigenvalue weighted by Gasteiger charge is 2.22. The number of benzene rings is 2. The van der Waals surface area contributed by atoms with E-state index in [1.54, 1.807) is 0 Å². The highest BCUT2D eigenvalue weighted by molar-refractivity contribution is 7.99. The summed E-state index contributed by atoms with van der Waals surface area (Å²) in [5.41, 5.74) is 4.26. The molecule has 1 unspecified atom stereocenters. The summed E-state index contributed by atoms with van der Waals surface area (Å²) in [7, 11) is 0. The van der Waals surface area contributed by atoms with Gasteiger partial charge in [-0.05, 0) is 30.2 Å².